The number of hydrogen-bond donors (Lipinski definition) is 1. The van der Waals surface area contributed by atoms with Crippen LogP contribution in [0.1, 0.15) is 13.3 Å². The maximum absolute atomic E-state index is 12.9. The number of allylic oxidation sites excluding steroid dienone is 2. The number of anilines is 1. The van der Waals surface area contributed by atoms with E-state index in [1.165, 1.54) is 16.2 Å². The molecule has 2 bridgehead atoms. The molecule has 2 aliphatic carbocycles. The van der Waals surface area contributed by atoms with Gasteiger partial charge < -0.3 is 5.32 Å². The Balaban J connectivity index is 1.31. The van der Waals surface area contributed by atoms with Crippen molar-refractivity contribution in [3.63, 3.8) is 0 Å². The van der Waals surface area contributed by atoms with E-state index in [-0.39, 0.29) is 35.5 Å². The lowest BCUT2D eigenvalue weighted by Crippen LogP contribution is -2.46. The number of hydrogen-bond acceptors (Lipinski definition) is 5. The number of carbonyl (C=O) groups is 3. The van der Waals surface area contributed by atoms with Crippen LogP contribution in [0.15, 0.2) is 47.9 Å². The number of nitrogens with zero attached hydrogens (tertiary/aromatic N) is 2. The fourth-order valence-corrected chi connectivity index (χ4v) is 5.43. The number of rotatable bonds is 4. The molecular formula is C21H19N3O3S. The Morgan fingerprint density at radius 1 is 1.14 bits per heavy atom. The molecule has 1 N–H and O–H groups in total. The smallest absolute Gasteiger partial charge is 0.249 e. The quantitative estimate of drug-likeness (QED) is 0.640. The molecule has 1 aromatic carbocycles. The van der Waals surface area contributed by atoms with Crippen LogP contribution in [0.25, 0.3) is 11.3 Å². The molecule has 1 aromatic heterocycles. The Hall–Kier alpha value is -2.80. The number of amides is 3. The van der Waals surface area contributed by atoms with Gasteiger partial charge in [-0.25, -0.2) is 4.98 Å². The van der Waals surface area contributed by atoms with Crippen molar-refractivity contribution in [3.8, 4) is 11.3 Å². The zero-order valence-electron chi connectivity index (χ0n) is 15.2. The summed E-state index contributed by atoms with van der Waals surface area (Å²) in [6.07, 6.45) is 4.97. The predicted molar refractivity (Wildman–Crippen MR) is 105 cm³/mol. The topological polar surface area (TPSA) is 79.4 Å². The molecular weight excluding hydrogens is 374 g/mol. The molecule has 1 saturated carbocycles. The van der Waals surface area contributed by atoms with Crippen molar-refractivity contribution in [3.05, 3.63) is 47.9 Å². The molecule has 0 unspecified atom stereocenters. The van der Waals surface area contributed by atoms with E-state index in [4.69, 9.17) is 0 Å². The predicted octanol–water partition coefficient (Wildman–Crippen LogP) is 2.94. The molecule has 7 heteroatoms. The molecule has 3 aliphatic rings. The standard InChI is InChI=1S/C21H19N3O3S/c1-11(24-19(26)16-13-7-8-14(9-13)17(16)20(24)27)18(25)23-21-22-15(10-28-21)12-5-3-2-4-6-12/h2-8,10-11,13-14,16-17H,9H2,1H3,(H,22,23,25)/t11-,13+,14+,16-,17+/m1/s1. The average molecular weight is 393 g/mol. The normalized spacial score (nSPS) is 28.7. The van der Waals surface area contributed by atoms with Gasteiger partial charge >= 0.3 is 0 Å². The first kappa shape index (κ1) is 17.3. The van der Waals surface area contributed by atoms with Gasteiger partial charge in [-0.3, -0.25) is 19.3 Å². The lowest BCUT2D eigenvalue weighted by atomic mass is 9.85. The number of imide groups is 1. The molecule has 0 spiro atoms. The largest absolute Gasteiger partial charge is 0.300 e. The van der Waals surface area contributed by atoms with Crippen molar-refractivity contribution in [2.75, 3.05) is 5.32 Å². The fraction of sp³-hybridized carbons (Fsp3) is 0.333. The van der Waals surface area contributed by atoms with Gasteiger partial charge in [0, 0.05) is 10.9 Å². The SMILES string of the molecule is C[C@H](C(=O)Nc1nc(-c2ccccc2)cs1)N1C(=O)[C@@H]2[C@H](C1=O)[C@H]1C=C[C@H]2C1. The third-order valence-electron chi connectivity index (χ3n) is 6.08. The number of nitrogens with one attached hydrogen (secondary N) is 1. The van der Waals surface area contributed by atoms with Crippen LogP contribution >= 0.6 is 11.3 Å². The van der Waals surface area contributed by atoms with Crippen LogP contribution < -0.4 is 5.32 Å². The molecule has 0 radical (unpaired) electrons. The third kappa shape index (κ3) is 2.53. The summed E-state index contributed by atoms with van der Waals surface area (Å²) in [5.74, 6) is -1.11. The second-order valence-corrected chi connectivity index (χ2v) is 8.47. The van der Waals surface area contributed by atoms with Crippen LogP contribution in [0.4, 0.5) is 5.13 Å². The molecule has 6 nitrogen and oxygen atoms in total. The van der Waals surface area contributed by atoms with Gasteiger partial charge in [-0.05, 0) is 25.2 Å². The Kier molecular flexibility index (Phi) is 3.94. The summed E-state index contributed by atoms with van der Waals surface area (Å²) in [6, 6.07) is 8.84. The van der Waals surface area contributed by atoms with Crippen LogP contribution in [0, 0.1) is 23.7 Å². The van der Waals surface area contributed by atoms with Gasteiger partial charge in [-0.2, -0.15) is 0 Å². The van der Waals surface area contributed by atoms with Gasteiger partial charge in [0.05, 0.1) is 17.5 Å². The second kappa shape index (κ2) is 6.38. The molecule has 2 aromatic rings. The Labute approximate surface area is 166 Å². The van der Waals surface area contributed by atoms with E-state index in [0.29, 0.717) is 5.13 Å². The molecule has 1 saturated heterocycles. The molecule has 5 rings (SSSR count). The van der Waals surface area contributed by atoms with E-state index in [9.17, 15) is 14.4 Å². The third-order valence-corrected chi connectivity index (χ3v) is 6.83. The van der Waals surface area contributed by atoms with Crippen LogP contribution in [0.5, 0.6) is 0 Å². The van der Waals surface area contributed by atoms with E-state index < -0.39 is 11.9 Å². The molecule has 2 fully saturated rings. The summed E-state index contributed by atoms with van der Waals surface area (Å²) in [7, 11) is 0. The number of thiazole rings is 1. The summed E-state index contributed by atoms with van der Waals surface area (Å²) < 4.78 is 0. The molecule has 5 atom stereocenters. The summed E-state index contributed by atoms with van der Waals surface area (Å²) in [5, 5.41) is 5.09. The zero-order valence-corrected chi connectivity index (χ0v) is 16.1. The molecule has 28 heavy (non-hydrogen) atoms. The van der Waals surface area contributed by atoms with Gasteiger partial charge in [-0.15, -0.1) is 11.3 Å². The number of benzene rings is 1. The van der Waals surface area contributed by atoms with Crippen LogP contribution in [0.2, 0.25) is 0 Å². The van der Waals surface area contributed by atoms with E-state index in [2.05, 4.69) is 10.3 Å². The minimum absolute atomic E-state index is 0.138. The summed E-state index contributed by atoms with van der Waals surface area (Å²) >= 11 is 1.32. The summed E-state index contributed by atoms with van der Waals surface area (Å²) in [5.41, 5.74) is 1.74. The molecule has 3 amide bonds. The van der Waals surface area contributed by atoms with Crippen molar-refractivity contribution in [1.29, 1.82) is 0 Å². The zero-order chi connectivity index (χ0) is 19.4. The van der Waals surface area contributed by atoms with Gasteiger partial charge in [-0.1, -0.05) is 42.5 Å². The van der Waals surface area contributed by atoms with Gasteiger partial charge in [0.15, 0.2) is 5.13 Å². The first-order valence-corrected chi connectivity index (χ1v) is 10.3. The summed E-state index contributed by atoms with van der Waals surface area (Å²) in [6.45, 7) is 1.60. The van der Waals surface area contributed by atoms with Gasteiger partial charge in [0.2, 0.25) is 17.7 Å². The monoisotopic (exact) mass is 393 g/mol. The van der Waals surface area contributed by atoms with Crippen molar-refractivity contribution in [2.45, 2.75) is 19.4 Å². The van der Waals surface area contributed by atoms with Crippen molar-refractivity contribution in [1.82, 2.24) is 9.88 Å². The highest BCUT2D eigenvalue weighted by Gasteiger charge is 2.60. The Morgan fingerprint density at radius 3 is 2.43 bits per heavy atom. The average Bonchev–Trinajstić information content (AvgIpc) is 3.47. The molecule has 2 heterocycles. The Morgan fingerprint density at radius 2 is 1.79 bits per heavy atom. The highest BCUT2D eigenvalue weighted by Crippen LogP contribution is 2.52. The number of likely N-dealkylation sites (tertiary alicyclic amines) is 1. The van der Waals surface area contributed by atoms with Gasteiger partial charge in [0.25, 0.3) is 0 Å². The highest BCUT2D eigenvalue weighted by molar-refractivity contribution is 7.14. The first-order valence-electron chi connectivity index (χ1n) is 9.41. The maximum atomic E-state index is 12.9. The van der Waals surface area contributed by atoms with Crippen LogP contribution in [-0.4, -0.2) is 33.6 Å². The van der Waals surface area contributed by atoms with E-state index in [1.54, 1.807) is 6.92 Å². The van der Waals surface area contributed by atoms with E-state index in [0.717, 1.165) is 17.7 Å². The highest BCUT2D eigenvalue weighted by atomic mass is 32.1. The number of fused-ring (bicyclic) bond motifs is 5. The number of carbonyl (C=O) groups excluding carboxylic acids is 3. The minimum atomic E-state index is -0.853. The summed E-state index contributed by atoms with van der Waals surface area (Å²) in [4.78, 5) is 44.1. The minimum Gasteiger partial charge on any atom is -0.300 e. The maximum Gasteiger partial charge on any atom is 0.249 e. The number of aromatic nitrogens is 1. The van der Waals surface area contributed by atoms with Crippen molar-refractivity contribution >= 4 is 34.2 Å². The van der Waals surface area contributed by atoms with Crippen LogP contribution in [0.3, 0.4) is 0 Å². The van der Waals surface area contributed by atoms with E-state index >= 15 is 0 Å². The molecule has 142 valence electrons. The fourth-order valence-electron chi connectivity index (χ4n) is 4.71. The van der Waals surface area contributed by atoms with Crippen LogP contribution in [-0.2, 0) is 14.4 Å². The lowest BCUT2D eigenvalue weighted by Gasteiger charge is -2.23. The van der Waals surface area contributed by atoms with Crippen molar-refractivity contribution < 1.29 is 14.4 Å². The second-order valence-electron chi connectivity index (χ2n) is 7.62. The Bertz CT molecular complexity index is 969. The molecule has 1 aliphatic heterocycles. The first-order chi connectivity index (χ1) is 13.5. The van der Waals surface area contributed by atoms with Crippen molar-refractivity contribution in [2.24, 2.45) is 23.7 Å². The van der Waals surface area contributed by atoms with E-state index in [1.807, 2.05) is 47.9 Å². The lowest BCUT2D eigenvalue weighted by molar-refractivity contribution is -0.146. The van der Waals surface area contributed by atoms with Gasteiger partial charge in [0.1, 0.15) is 6.04 Å².